The summed E-state index contributed by atoms with van der Waals surface area (Å²) in [6.07, 6.45) is 21.7. The second-order valence-corrected chi connectivity index (χ2v) is 7.44. The van der Waals surface area contributed by atoms with E-state index < -0.39 is 0 Å². The molecule has 0 aliphatic carbocycles. The molecule has 138 valence electrons. The first kappa shape index (κ1) is 23.3. The highest BCUT2D eigenvalue weighted by atomic mass is 79.9. The largest absolute Gasteiger partial charge is 0.359 e. The van der Waals surface area contributed by atoms with Crippen molar-refractivity contribution >= 4 is 32.9 Å². The van der Waals surface area contributed by atoms with Crippen molar-refractivity contribution in [1.82, 2.24) is 9.80 Å². The molecule has 1 aliphatic heterocycles. The lowest BCUT2D eigenvalue weighted by molar-refractivity contribution is 0.270. The van der Waals surface area contributed by atoms with Crippen molar-refractivity contribution in [2.45, 2.75) is 84.0 Å². The molecule has 0 fully saturated rings. The Kier molecular flexibility index (Phi) is 17.4. The molecule has 4 heteroatoms. The van der Waals surface area contributed by atoms with Gasteiger partial charge in [0, 0.05) is 30.8 Å². The van der Waals surface area contributed by atoms with E-state index in [9.17, 15) is 0 Å². The van der Waals surface area contributed by atoms with Crippen molar-refractivity contribution < 1.29 is 0 Å². The van der Waals surface area contributed by atoms with E-state index in [-0.39, 0.29) is 17.0 Å². The van der Waals surface area contributed by atoms with Gasteiger partial charge in [-0.05, 0) is 6.42 Å². The molecule has 0 saturated heterocycles. The third-order valence-corrected chi connectivity index (χ3v) is 4.88. The van der Waals surface area contributed by atoms with E-state index in [0.29, 0.717) is 0 Å². The summed E-state index contributed by atoms with van der Waals surface area (Å²) in [6.45, 7) is 5.72. The highest BCUT2D eigenvalue weighted by molar-refractivity contribution is 9.09. The Labute approximate surface area is 164 Å². The van der Waals surface area contributed by atoms with Gasteiger partial charge in [-0.25, -0.2) is 0 Å². The minimum absolute atomic E-state index is 0. The maximum atomic E-state index is 3.50. The number of alkyl halides is 1. The number of halogens is 2. The number of nitrogens with zero attached hydrogens (tertiary/aromatic N) is 2. The van der Waals surface area contributed by atoms with Crippen LogP contribution >= 0.6 is 32.9 Å². The van der Waals surface area contributed by atoms with E-state index >= 15 is 0 Å². The minimum Gasteiger partial charge on any atom is -0.359 e. The summed E-state index contributed by atoms with van der Waals surface area (Å²) in [7, 11) is 0. The predicted octanol–water partition coefficient (Wildman–Crippen LogP) is 6.71. The summed E-state index contributed by atoms with van der Waals surface area (Å²) < 4.78 is 0. The molecule has 0 atom stereocenters. The first-order valence-electron chi connectivity index (χ1n) is 9.59. The van der Waals surface area contributed by atoms with Gasteiger partial charge in [-0.1, -0.05) is 93.5 Å². The lowest BCUT2D eigenvalue weighted by Gasteiger charge is -2.20. The third-order valence-electron chi connectivity index (χ3n) is 4.52. The third kappa shape index (κ3) is 13.3. The maximum absolute atomic E-state index is 3.50. The Morgan fingerprint density at radius 3 is 1.61 bits per heavy atom. The lowest BCUT2D eigenvalue weighted by Crippen LogP contribution is -2.27. The summed E-state index contributed by atoms with van der Waals surface area (Å²) >= 11 is 3.50. The molecule has 1 rings (SSSR count). The second kappa shape index (κ2) is 17.1. The van der Waals surface area contributed by atoms with Gasteiger partial charge in [0.25, 0.3) is 0 Å². The summed E-state index contributed by atoms with van der Waals surface area (Å²) in [5.74, 6) is 0. The van der Waals surface area contributed by atoms with Crippen molar-refractivity contribution in [2.24, 2.45) is 0 Å². The molecule has 1 aliphatic rings. The zero-order valence-electron chi connectivity index (χ0n) is 15.1. The first-order chi connectivity index (χ1) is 10.9. The summed E-state index contributed by atoms with van der Waals surface area (Å²) in [6, 6.07) is 0. The van der Waals surface area contributed by atoms with E-state index in [0.717, 1.165) is 18.5 Å². The first-order valence-corrected chi connectivity index (χ1v) is 10.7. The van der Waals surface area contributed by atoms with Crippen molar-refractivity contribution in [3.05, 3.63) is 12.4 Å². The Morgan fingerprint density at radius 1 is 0.696 bits per heavy atom. The smallest absolute Gasteiger partial charge is 0.0894 e. The molecule has 0 saturated carbocycles. The normalized spacial score (nSPS) is 13.7. The molecule has 0 N–H and O–H groups in total. The van der Waals surface area contributed by atoms with E-state index in [2.05, 4.69) is 45.1 Å². The van der Waals surface area contributed by atoms with Crippen LogP contribution in [-0.4, -0.2) is 34.9 Å². The fourth-order valence-corrected chi connectivity index (χ4v) is 3.53. The standard InChI is InChI=1S/C19H37BrN2.BrH/c1-2-3-4-5-6-7-8-9-10-11-12-13-15-21-17-18-22(19-21)16-14-20;/h17-18H,2-16,19H2,1H3;1H. The van der Waals surface area contributed by atoms with Gasteiger partial charge in [0.15, 0.2) is 0 Å². The highest BCUT2D eigenvalue weighted by Crippen LogP contribution is 2.13. The molecular weight excluding hydrogens is 416 g/mol. The minimum atomic E-state index is 0. The Morgan fingerprint density at radius 2 is 1.13 bits per heavy atom. The number of unbranched alkanes of at least 4 members (excludes halogenated alkanes) is 11. The van der Waals surface area contributed by atoms with Gasteiger partial charge in [-0.3, -0.25) is 0 Å². The Balaban J connectivity index is 0.00000484. The number of hydrogen-bond acceptors (Lipinski definition) is 2. The van der Waals surface area contributed by atoms with Crippen molar-refractivity contribution in [3.8, 4) is 0 Å². The van der Waals surface area contributed by atoms with Gasteiger partial charge in [0.05, 0.1) is 6.67 Å². The molecule has 1 heterocycles. The highest BCUT2D eigenvalue weighted by Gasteiger charge is 2.10. The van der Waals surface area contributed by atoms with Gasteiger partial charge >= 0.3 is 0 Å². The molecule has 2 nitrogen and oxygen atoms in total. The molecule has 0 amide bonds. The molecule has 0 aromatic carbocycles. The van der Waals surface area contributed by atoms with Crippen molar-refractivity contribution in [3.63, 3.8) is 0 Å². The molecule has 0 aromatic rings. The summed E-state index contributed by atoms with van der Waals surface area (Å²) in [5, 5.41) is 1.06. The number of hydrogen-bond donors (Lipinski definition) is 0. The maximum Gasteiger partial charge on any atom is 0.0894 e. The van der Waals surface area contributed by atoms with E-state index in [4.69, 9.17) is 0 Å². The molecule has 0 bridgehead atoms. The topological polar surface area (TPSA) is 6.48 Å². The van der Waals surface area contributed by atoms with Gasteiger partial charge in [0.1, 0.15) is 0 Å². The second-order valence-electron chi connectivity index (χ2n) is 6.64. The Bertz CT molecular complexity index is 272. The molecular formula is C19H38Br2N2. The quantitative estimate of drug-likeness (QED) is 0.201. The number of rotatable bonds is 15. The monoisotopic (exact) mass is 452 g/mol. The van der Waals surface area contributed by atoms with Crippen LogP contribution in [0.5, 0.6) is 0 Å². The van der Waals surface area contributed by atoms with Gasteiger partial charge in [-0.2, -0.15) is 0 Å². The Hall–Kier alpha value is 0.300. The van der Waals surface area contributed by atoms with Crippen LogP contribution in [0.3, 0.4) is 0 Å². The summed E-state index contributed by atoms with van der Waals surface area (Å²) in [4.78, 5) is 4.81. The average molecular weight is 454 g/mol. The van der Waals surface area contributed by atoms with Gasteiger partial charge in [-0.15, -0.1) is 17.0 Å². The van der Waals surface area contributed by atoms with Crippen LogP contribution < -0.4 is 0 Å². The zero-order chi connectivity index (χ0) is 15.9. The predicted molar refractivity (Wildman–Crippen MR) is 113 cm³/mol. The van der Waals surface area contributed by atoms with Crippen LogP contribution in [-0.2, 0) is 0 Å². The fraction of sp³-hybridized carbons (Fsp3) is 0.895. The molecule has 0 spiro atoms. The van der Waals surface area contributed by atoms with E-state index in [1.807, 2.05) is 0 Å². The van der Waals surface area contributed by atoms with Crippen LogP contribution in [0.2, 0.25) is 0 Å². The summed E-state index contributed by atoms with van der Waals surface area (Å²) in [5.41, 5.74) is 0. The van der Waals surface area contributed by atoms with Gasteiger partial charge < -0.3 is 9.80 Å². The van der Waals surface area contributed by atoms with E-state index in [1.165, 1.54) is 83.6 Å². The van der Waals surface area contributed by atoms with E-state index in [1.54, 1.807) is 0 Å². The molecule has 0 aromatic heterocycles. The van der Waals surface area contributed by atoms with Crippen molar-refractivity contribution in [2.75, 3.05) is 25.1 Å². The lowest BCUT2D eigenvalue weighted by atomic mass is 10.1. The van der Waals surface area contributed by atoms with Crippen LogP contribution in [0.4, 0.5) is 0 Å². The fourth-order valence-electron chi connectivity index (χ4n) is 3.07. The van der Waals surface area contributed by atoms with Crippen LogP contribution in [0, 0.1) is 0 Å². The SMILES string of the molecule is Br.CCCCCCCCCCCCCCN1C=CN(CCBr)C1. The average Bonchev–Trinajstić information content (AvgIpc) is 2.96. The molecule has 23 heavy (non-hydrogen) atoms. The molecule has 0 radical (unpaired) electrons. The van der Waals surface area contributed by atoms with Gasteiger partial charge in [0.2, 0.25) is 0 Å². The van der Waals surface area contributed by atoms with Crippen LogP contribution in [0.1, 0.15) is 84.0 Å². The van der Waals surface area contributed by atoms with Crippen molar-refractivity contribution in [1.29, 1.82) is 0 Å². The zero-order valence-corrected chi connectivity index (χ0v) is 18.4. The van der Waals surface area contributed by atoms with Crippen LogP contribution in [0.25, 0.3) is 0 Å². The van der Waals surface area contributed by atoms with Crippen LogP contribution in [0.15, 0.2) is 12.4 Å². The molecule has 0 unspecified atom stereocenters.